The molecule has 5 N–H and O–H groups in total. The monoisotopic (exact) mass is 482 g/mol. The Balaban J connectivity index is 1.59. The van der Waals surface area contributed by atoms with Crippen molar-refractivity contribution in [3.8, 4) is 11.5 Å². The van der Waals surface area contributed by atoms with Gasteiger partial charge in [0.15, 0.2) is 0 Å². The molecule has 2 aromatic rings. The molecule has 1 atom stereocenters. The molecule has 0 radical (unpaired) electrons. The Labute approximate surface area is 210 Å². The number of aliphatic hydroxyl groups is 1. The number of hydrogen-bond acceptors (Lipinski definition) is 5. The lowest BCUT2D eigenvalue weighted by Gasteiger charge is -2.10. The molecule has 1 unspecified atom stereocenters. The first-order valence-corrected chi connectivity index (χ1v) is 13.0. The van der Waals surface area contributed by atoms with Crippen molar-refractivity contribution >= 4 is 17.3 Å². The van der Waals surface area contributed by atoms with Gasteiger partial charge in [-0.3, -0.25) is 4.79 Å². The standard InChI is InChI=1S/C29H42N2O4/c1-2-3-4-5-6-7-8-9-10-11-13-23-16-19-25(20-17-23)35-29(34)15-12-14-28(33)31-24-18-21-27(32)26(30)22-24/h12,15-22,29,32,34H,2-11,13-14,30H2,1H3,(H,31,33). The zero-order valence-electron chi connectivity index (χ0n) is 21.0. The second kappa shape index (κ2) is 16.6. The molecular formula is C29H42N2O4. The number of phenolic OH excluding ortho intramolecular Hbond substituents is 1. The summed E-state index contributed by atoms with van der Waals surface area (Å²) < 4.78 is 5.50. The molecule has 6 heteroatoms. The van der Waals surface area contributed by atoms with Crippen LogP contribution in [0.25, 0.3) is 0 Å². The third-order valence-corrected chi connectivity index (χ3v) is 5.91. The number of ether oxygens (including phenoxy) is 1. The van der Waals surface area contributed by atoms with Crippen LogP contribution in [0, 0.1) is 0 Å². The molecule has 0 saturated heterocycles. The third kappa shape index (κ3) is 12.3. The topological polar surface area (TPSA) is 105 Å². The van der Waals surface area contributed by atoms with Gasteiger partial charge in [-0.2, -0.15) is 0 Å². The van der Waals surface area contributed by atoms with Crippen LogP contribution in [0.2, 0.25) is 0 Å². The lowest BCUT2D eigenvalue weighted by atomic mass is 10.0. The summed E-state index contributed by atoms with van der Waals surface area (Å²) in [5.74, 6) is 0.280. The van der Waals surface area contributed by atoms with Gasteiger partial charge in [0.25, 0.3) is 0 Å². The summed E-state index contributed by atoms with van der Waals surface area (Å²) in [5, 5.41) is 22.2. The highest BCUT2D eigenvalue weighted by molar-refractivity contribution is 5.92. The molecule has 2 rings (SSSR count). The number of carbonyl (C=O) groups excluding carboxylic acids is 1. The first-order valence-electron chi connectivity index (χ1n) is 13.0. The van der Waals surface area contributed by atoms with Gasteiger partial charge in [-0.15, -0.1) is 0 Å². The molecule has 2 aromatic carbocycles. The molecule has 0 aliphatic heterocycles. The highest BCUT2D eigenvalue weighted by Gasteiger charge is 2.05. The molecular weight excluding hydrogens is 440 g/mol. The van der Waals surface area contributed by atoms with Gasteiger partial charge in [0, 0.05) is 12.1 Å². The smallest absolute Gasteiger partial charge is 0.228 e. The van der Waals surface area contributed by atoms with Crippen LogP contribution in [-0.2, 0) is 11.2 Å². The summed E-state index contributed by atoms with van der Waals surface area (Å²) in [6, 6.07) is 12.3. The van der Waals surface area contributed by atoms with Crippen molar-refractivity contribution in [3.63, 3.8) is 0 Å². The number of aliphatic hydroxyl groups excluding tert-OH is 1. The number of aryl methyl sites for hydroxylation is 1. The first kappa shape index (κ1) is 28.2. The van der Waals surface area contributed by atoms with Crippen molar-refractivity contribution in [1.29, 1.82) is 0 Å². The molecule has 0 spiro atoms. The number of benzene rings is 2. The van der Waals surface area contributed by atoms with Crippen molar-refractivity contribution in [1.82, 2.24) is 0 Å². The zero-order valence-corrected chi connectivity index (χ0v) is 21.0. The SMILES string of the molecule is CCCCCCCCCCCCc1ccc(OC(O)C=CCC(=O)Nc2ccc(O)c(N)c2)cc1. The summed E-state index contributed by atoms with van der Waals surface area (Å²) >= 11 is 0. The molecule has 6 nitrogen and oxygen atoms in total. The molecule has 0 saturated carbocycles. The van der Waals surface area contributed by atoms with Crippen molar-refractivity contribution in [3.05, 3.63) is 60.2 Å². The van der Waals surface area contributed by atoms with Gasteiger partial charge >= 0.3 is 0 Å². The fraction of sp³-hybridized carbons (Fsp3) is 0.483. The Hall–Kier alpha value is -2.99. The number of phenols is 1. The Morgan fingerprint density at radius 2 is 1.60 bits per heavy atom. The van der Waals surface area contributed by atoms with E-state index in [-0.39, 0.29) is 23.8 Å². The van der Waals surface area contributed by atoms with Gasteiger partial charge in [0.1, 0.15) is 11.5 Å². The highest BCUT2D eigenvalue weighted by atomic mass is 16.6. The minimum Gasteiger partial charge on any atom is -0.506 e. The number of nitrogen functional groups attached to an aromatic ring is 1. The molecule has 0 fully saturated rings. The van der Waals surface area contributed by atoms with E-state index in [0.717, 1.165) is 6.42 Å². The number of amides is 1. The lowest BCUT2D eigenvalue weighted by molar-refractivity contribution is -0.115. The summed E-state index contributed by atoms with van der Waals surface area (Å²) in [6.45, 7) is 2.26. The second-order valence-electron chi connectivity index (χ2n) is 9.04. The van der Waals surface area contributed by atoms with E-state index in [0.29, 0.717) is 11.4 Å². The lowest BCUT2D eigenvalue weighted by Crippen LogP contribution is -2.13. The molecule has 35 heavy (non-hydrogen) atoms. The first-order chi connectivity index (χ1) is 17.0. The van der Waals surface area contributed by atoms with Crippen molar-refractivity contribution in [2.45, 2.75) is 90.3 Å². The maximum Gasteiger partial charge on any atom is 0.228 e. The van der Waals surface area contributed by atoms with Gasteiger partial charge in [0.05, 0.1) is 5.69 Å². The van der Waals surface area contributed by atoms with Gasteiger partial charge in [-0.1, -0.05) is 82.9 Å². The van der Waals surface area contributed by atoms with E-state index in [1.54, 1.807) is 12.1 Å². The van der Waals surface area contributed by atoms with Gasteiger partial charge in [0.2, 0.25) is 12.2 Å². The summed E-state index contributed by atoms with van der Waals surface area (Å²) in [6.07, 6.45) is 16.3. The van der Waals surface area contributed by atoms with E-state index in [9.17, 15) is 15.0 Å². The van der Waals surface area contributed by atoms with Crippen LogP contribution in [0.4, 0.5) is 11.4 Å². The van der Waals surface area contributed by atoms with E-state index in [1.807, 2.05) is 24.3 Å². The second-order valence-corrected chi connectivity index (χ2v) is 9.04. The maximum atomic E-state index is 12.0. The predicted octanol–water partition coefficient (Wildman–Crippen LogP) is 6.72. The highest BCUT2D eigenvalue weighted by Crippen LogP contribution is 2.23. The average molecular weight is 483 g/mol. The van der Waals surface area contributed by atoms with Crippen LogP contribution in [0.5, 0.6) is 11.5 Å². The number of aromatic hydroxyl groups is 1. The quantitative estimate of drug-likeness (QED) is 0.0500. The Bertz CT molecular complexity index is 896. The molecule has 192 valence electrons. The van der Waals surface area contributed by atoms with Gasteiger partial charge in [-0.05, 0) is 54.8 Å². The number of nitrogens with one attached hydrogen (secondary N) is 1. The fourth-order valence-electron chi connectivity index (χ4n) is 3.87. The van der Waals surface area contributed by atoms with Crippen molar-refractivity contribution in [2.75, 3.05) is 11.1 Å². The van der Waals surface area contributed by atoms with E-state index < -0.39 is 6.29 Å². The number of hydrogen-bond donors (Lipinski definition) is 4. The summed E-state index contributed by atoms with van der Waals surface area (Å²) in [7, 11) is 0. The largest absolute Gasteiger partial charge is 0.506 e. The molecule has 0 bridgehead atoms. The van der Waals surface area contributed by atoms with Crippen LogP contribution < -0.4 is 15.8 Å². The Kier molecular flexibility index (Phi) is 13.4. The zero-order chi connectivity index (χ0) is 25.3. The average Bonchev–Trinajstić information content (AvgIpc) is 2.83. The van der Waals surface area contributed by atoms with E-state index in [2.05, 4.69) is 12.2 Å². The van der Waals surface area contributed by atoms with Gasteiger partial charge < -0.3 is 26.0 Å². The minimum atomic E-state index is -1.14. The molecule has 0 aliphatic rings. The van der Waals surface area contributed by atoms with Crippen molar-refractivity contribution < 1.29 is 19.7 Å². The summed E-state index contributed by atoms with van der Waals surface area (Å²) in [4.78, 5) is 12.0. The Morgan fingerprint density at radius 3 is 2.23 bits per heavy atom. The van der Waals surface area contributed by atoms with E-state index >= 15 is 0 Å². The minimum absolute atomic E-state index is 0.0324. The van der Waals surface area contributed by atoms with Crippen molar-refractivity contribution in [2.24, 2.45) is 0 Å². The van der Waals surface area contributed by atoms with Crippen LogP contribution in [0.15, 0.2) is 54.6 Å². The number of unbranched alkanes of at least 4 members (excludes halogenated alkanes) is 9. The molecule has 1 amide bonds. The third-order valence-electron chi connectivity index (χ3n) is 5.91. The maximum absolute atomic E-state index is 12.0. The number of nitrogens with two attached hydrogens (primary N) is 1. The Morgan fingerprint density at radius 1 is 0.971 bits per heavy atom. The fourth-order valence-corrected chi connectivity index (χ4v) is 3.87. The van der Waals surface area contributed by atoms with Crippen LogP contribution in [-0.4, -0.2) is 22.4 Å². The van der Waals surface area contributed by atoms with Gasteiger partial charge in [-0.25, -0.2) is 0 Å². The molecule has 0 heterocycles. The molecule has 0 aromatic heterocycles. The molecule has 0 aliphatic carbocycles. The number of carbonyl (C=O) groups is 1. The normalized spacial score (nSPS) is 12.1. The van der Waals surface area contributed by atoms with Crippen LogP contribution in [0.1, 0.15) is 83.1 Å². The van der Waals surface area contributed by atoms with E-state index in [1.165, 1.54) is 88.0 Å². The van der Waals surface area contributed by atoms with E-state index in [4.69, 9.17) is 10.5 Å². The number of rotatable bonds is 17. The summed E-state index contributed by atoms with van der Waals surface area (Å²) in [5.41, 5.74) is 7.57. The van der Waals surface area contributed by atoms with Crippen LogP contribution >= 0.6 is 0 Å². The number of anilines is 2. The van der Waals surface area contributed by atoms with Crippen LogP contribution in [0.3, 0.4) is 0 Å². The predicted molar refractivity (Wildman–Crippen MR) is 144 cm³/mol.